The monoisotopic (exact) mass is 458 g/mol. The number of para-hydroxylation sites is 2. The van der Waals surface area contributed by atoms with E-state index in [0.29, 0.717) is 12.2 Å². The highest BCUT2D eigenvalue weighted by atomic mass is 32.2. The molecule has 1 heterocycles. The Morgan fingerprint density at radius 1 is 1.16 bits per heavy atom. The lowest BCUT2D eigenvalue weighted by molar-refractivity contribution is -0.116. The molecule has 0 aliphatic rings. The van der Waals surface area contributed by atoms with Gasteiger partial charge < -0.3 is 15.2 Å². The standard InChI is InChI=1S/C22H26N4O5S/c1-14-17(15(2)26(3)24-14)10-12-22(28)23-19-13-16(9-11-20(19)27)32(29,30)25-18-7-5-6-8-21(18)31-4/h5-9,11,13,25,27H,10,12H2,1-4H3,(H,23,28). The van der Waals surface area contributed by atoms with Crippen LogP contribution in [0.5, 0.6) is 11.5 Å². The number of rotatable bonds is 8. The first-order valence-corrected chi connectivity index (χ1v) is 11.4. The molecule has 0 radical (unpaired) electrons. The van der Waals surface area contributed by atoms with Gasteiger partial charge in [0, 0.05) is 19.2 Å². The first-order valence-electron chi connectivity index (χ1n) is 9.90. The Bertz CT molecular complexity index is 1250. The molecule has 0 aliphatic heterocycles. The van der Waals surface area contributed by atoms with Crippen LogP contribution >= 0.6 is 0 Å². The number of nitrogens with one attached hydrogen (secondary N) is 2. The molecule has 2 aromatic carbocycles. The second-order valence-electron chi connectivity index (χ2n) is 7.31. The van der Waals surface area contributed by atoms with Crippen molar-refractivity contribution in [1.29, 1.82) is 0 Å². The molecule has 0 saturated heterocycles. The van der Waals surface area contributed by atoms with Crippen molar-refractivity contribution in [2.75, 3.05) is 17.1 Å². The lowest BCUT2D eigenvalue weighted by Crippen LogP contribution is -2.16. The van der Waals surface area contributed by atoms with Gasteiger partial charge in [-0.3, -0.25) is 14.2 Å². The van der Waals surface area contributed by atoms with E-state index in [1.807, 2.05) is 20.9 Å². The summed E-state index contributed by atoms with van der Waals surface area (Å²) in [4.78, 5) is 12.4. The number of methoxy groups -OCH3 is 1. The van der Waals surface area contributed by atoms with Gasteiger partial charge in [0.05, 0.1) is 29.1 Å². The first kappa shape index (κ1) is 23.1. The lowest BCUT2D eigenvalue weighted by Gasteiger charge is -2.13. The molecular formula is C22H26N4O5S. The highest BCUT2D eigenvalue weighted by molar-refractivity contribution is 7.92. The van der Waals surface area contributed by atoms with Gasteiger partial charge in [-0.25, -0.2) is 8.42 Å². The molecule has 0 spiro atoms. The Morgan fingerprint density at radius 3 is 2.53 bits per heavy atom. The number of aromatic nitrogens is 2. The average Bonchev–Trinajstić information content (AvgIpc) is 2.99. The second kappa shape index (κ2) is 9.31. The van der Waals surface area contributed by atoms with E-state index in [9.17, 15) is 18.3 Å². The molecule has 32 heavy (non-hydrogen) atoms. The van der Waals surface area contributed by atoms with Crippen molar-refractivity contribution in [1.82, 2.24) is 9.78 Å². The van der Waals surface area contributed by atoms with Gasteiger partial charge in [-0.1, -0.05) is 12.1 Å². The van der Waals surface area contributed by atoms with E-state index in [-0.39, 0.29) is 34.3 Å². The van der Waals surface area contributed by atoms with Crippen LogP contribution < -0.4 is 14.8 Å². The third-order valence-electron chi connectivity index (χ3n) is 5.16. The number of phenolic OH excluding ortho intramolecular Hbond substituents is 1. The van der Waals surface area contributed by atoms with Crippen molar-refractivity contribution in [2.24, 2.45) is 7.05 Å². The van der Waals surface area contributed by atoms with Crippen LogP contribution in [0.15, 0.2) is 47.4 Å². The van der Waals surface area contributed by atoms with E-state index < -0.39 is 10.0 Å². The number of nitrogens with zero attached hydrogens (tertiary/aromatic N) is 2. The minimum Gasteiger partial charge on any atom is -0.506 e. The fourth-order valence-electron chi connectivity index (χ4n) is 3.35. The number of aryl methyl sites for hydroxylation is 2. The van der Waals surface area contributed by atoms with Crippen LogP contribution in [0.25, 0.3) is 0 Å². The number of hydrogen-bond acceptors (Lipinski definition) is 6. The van der Waals surface area contributed by atoms with E-state index >= 15 is 0 Å². The molecule has 1 amide bonds. The topological polar surface area (TPSA) is 123 Å². The molecule has 0 bridgehead atoms. The summed E-state index contributed by atoms with van der Waals surface area (Å²) >= 11 is 0. The summed E-state index contributed by atoms with van der Waals surface area (Å²) in [6.45, 7) is 3.82. The molecule has 0 fully saturated rings. The van der Waals surface area contributed by atoms with Crippen LogP contribution in [0.4, 0.5) is 11.4 Å². The minimum atomic E-state index is -3.99. The normalized spacial score (nSPS) is 11.2. The number of aromatic hydroxyl groups is 1. The lowest BCUT2D eigenvalue weighted by atomic mass is 10.1. The third-order valence-corrected chi connectivity index (χ3v) is 6.53. The maximum absolute atomic E-state index is 12.8. The Morgan fingerprint density at radius 2 is 1.88 bits per heavy atom. The molecule has 3 N–H and O–H groups in total. The summed E-state index contributed by atoms with van der Waals surface area (Å²) in [5, 5.41) is 17.1. The molecular weight excluding hydrogens is 432 g/mol. The summed E-state index contributed by atoms with van der Waals surface area (Å²) in [5.41, 5.74) is 3.11. The SMILES string of the molecule is COc1ccccc1NS(=O)(=O)c1ccc(O)c(NC(=O)CCc2c(C)nn(C)c2C)c1. The van der Waals surface area contributed by atoms with Crippen LogP contribution in [0.1, 0.15) is 23.4 Å². The quantitative estimate of drug-likeness (QED) is 0.446. The number of phenols is 1. The number of carbonyl (C=O) groups is 1. The molecule has 9 nitrogen and oxygen atoms in total. The van der Waals surface area contributed by atoms with Crippen molar-refractivity contribution in [3.05, 3.63) is 59.4 Å². The van der Waals surface area contributed by atoms with Crippen LogP contribution in [-0.2, 0) is 28.3 Å². The average molecular weight is 459 g/mol. The maximum atomic E-state index is 12.8. The Labute approximate surface area is 187 Å². The molecule has 170 valence electrons. The molecule has 0 unspecified atom stereocenters. The van der Waals surface area contributed by atoms with Crippen LogP contribution in [-0.4, -0.2) is 36.3 Å². The van der Waals surface area contributed by atoms with Crippen LogP contribution in [0.3, 0.4) is 0 Å². The number of carbonyl (C=O) groups excluding carboxylic acids is 1. The number of sulfonamides is 1. The van der Waals surface area contributed by atoms with Crippen molar-refractivity contribution in [3.8, 4) is 11.5 Å². The molecule has 10 heteroatoms. The minimum absolute atomic E-state index is 0.0116. The summed E-state index contributed by atoms with van der Waals surface area (Å²) in [5.74, 6) is -0.220. The Hall–Kier alpha value is -3.53. The van der Waals surface area contributed by atoms with Crippen molar-refractivity contribution in [2.45, 2.75) is 31.6 Å². The summed E-state index contributed by atoms with van der Waals surface area (Å²) in [6.07, 6.45) is 0.634. The van der Waals surface area contributed by atoms with Gasteiger partial charge in [0.1, 0.15) is 11.5 Å². The highest BCUT2D eigenvalue weighted by Crippen LogP contribution is 2.30. The predicted molar refractivity (Wildman–Crippen MR) is 122 cm³/mol. The summed E-state index contributed by atoms with van der Waals surface area (Å²) in [7, 11) is -0.706. The van der Waals surface area contributed by atoms with Gasteiger partial charge in [0.25, 0.3) is 10.0 Å². The van der Waals surface area contributed by atoms with Gasteiger partial charge >= 0.3 is 0 Å². The number of amides is 1. The van der Waals surface area contributed by atoms with Gasteiger partial charge in [-0.15, -0.1) is 0 Å². The zero-order valence-corrected chi connectivity index (χ0v) is 19.2. The van der Waals surface area contributed by atoms with Gasteiger partial charge in [-0.05, 0) is 56.2 Å². The van der Waals surface area contributed by atoms with E-state index in [1.54, 1.807) is 28.9 Å². The first-order chi connectivity index (χ1) is 15.1. The van der Waals surface area contributed by atoms with Gasteiger partial charge in [0.2, 0.25) is 5.91 Å². The zero-order chi connectivity index (χ0) is 23.5. The Kier molecular flexibility index (Phi) is 6.73. The zero-order valence-electron chi connectivity index (χ0n) is 18.3. The number of ether oxygens (including phenoxy) is 1. The predicted octanol–water partition coefficient (Wildman–Crippen LogP) is 3.12. The van der Waals surface area contributed by atoms with E-state index in [2.05, 4.69) is 15.1 Å². The van der Waals surface area contributed by atoms with Gasteiger partial charge in [-0.2, -0.15) is 5.10 Å². The highest BCUT2D eigenvalue weighted by Gasteiger charge is 2.19. The molecule has 0 saturated carbocycles. The molecule has 1 aromatic heterocycles. The number of hydrogen-bond donors (Lipinski definition) is 3. The molecule has 3 rings (SSSR count). The van der Waals surface area contributed by atoms with Crippen molar-refractivity contribution >= 4 is 27.3 Å². The van der Waals surface area contributed by atoms with E-state index in [0.717, 1.165) is 17.0 Å². The summed E-state index contributed by atoms with van der Waals surface area (Å²) < 4.78 is 35.1. The molecule has 0 atom stereocenters. The number of anilines is 2. The molecule has 0 aliphatic carbocycles. The van der Waals surface area contributed by atoms with Gasteiger partial charge in [0.15, 0.2) is 0 Å². The van der Waals surface area contributed by atoms with Crippen molar-refractivity contribution in [3.63, 3.8) is 0 Å². The van der Waals surface area contributed by atoms with Crippen LogP contribution in [0, 0.1) is 13.8 Å². The smallest absolute Gasteiger partial charge is 0.262 e. The fourth-order valence-corrected chi connectivity index (χ4v) is 4.44. The van der Waals surface area contributed by atoms with E-state index in [4.69, 9.17) is 4.74 Å². The van der Waals surface area contributed by atoms with Crippen molar-refractivity contribution < 1.29 is 23.1 Å². The molecule has 3 aromatic rings. The largest absolute Gasteiger partial charge is 0.506 e. The second-order valence-corrected chi connectivity index (χ2v) is 8.99. The third kappa shape index (κ3) is 5.02. The maximum Gasteiger partial charge on any atom is 0.262 e. The fraction of sp³-hybridized carbons (Fsp3) is 0.273. The number of benzene rings is 2. The summed E-state index contributed by atoms with van der Waals surface area (Å²) in [6, 6.07) is 10.3. The van der Waals surface area contributed by atoms with Crippen LogP contribution in [0.2, 0.25) is 0 Å². The Balaban J connectivity index is 1.75. The van der Waals surface area contributed by atoms with E-state index in [1.165, 1.54) is 25.3 Å².